The third kappa shape index (κ3) is 2.61. The lowest BCUT2D eigenvalue weighted by molar-refractivity contribution is 0.0739. The third-order valence-electron chi connectivity index (χ3n) is 2.75. The van der Waals surface area contributed by atoms with Crippen LogP contribution in [0.15, 0.2) is 22.7 Å². The minimum atomic E-state index is -0.414. The van der Waals surface area contributed by atoms with Crippen molar-refractivity contribution in [2.45, 2.75) is 26.3 Å². The predicted octanol–water partition coefficient (Wildman–Crippen LogP) is 3.46. The van der Waals surface area contributed by atoms with Gasteiger partial charge in [-0.3, -0.25) is 4.79 Å². The van der Waals surface area contributed by atoms with Crippen LogP contribution in [0, 0.1) is 5.82 Å². The van der Waals surface area contributed by atoms with Crippen molar-refractivity contribution in [3.05, 3.63) is 34.1 Å². The summed E-state index contributed by atoms with van der Waals surface area (Å²) in [6, 6.07) is 4.62. The molecule has 0 aliphatic carbocycles. The van der Waals surface area contributed by atoms with Crippen molar-refractivity contribution in [1.82, 2.24) is 4.90 Å². The highest BCUT2D eigenvalue weighted by Crippen LogP contribution is 2.22. The number of carbonyl (C=O) groups is 1. The molecule has 1 rings (SSSR count). The summed E-state index contributed by atoms with van der Waals surface area (Å²) in [6.45, 7) is 3.97. The van der Waals surface area contributed by atoms with Crippen LogP contribution < -0.4 is 0 Å². The molecular formula is C12H15BrFNO. The molecule has 1 aromatic carbocycles. The molecule has 2 nitrogen and oxygen atoms in total. The largest absolute Gasteiger partial charge is 0.339 e. The van der Waals surface area contributed by atoms with E-state index in [1.807, 2.05) is 13.8 Å². The smallest absolute Gasteiger partial charge is 0.255 e. The Morgan fingerprint density at radius 1 is 1.56 bits per heavy atom. The van der Waals surface area contributed by atoms with E-state index in [2.05, 4.69) is 15.9 Å². The lowest BCUT2D eigenvalue weighted by Gasteiger charge is -2.24. The number of carbonyl (C=O) groups excluding carboxylic acids is 1. The van der Waals surface area contributed by atoms with Gasteiger partial charge in [-0.1, -0.05) is 13.0 Å². The lowest BCUT2D eigenvalue weighted by atomic mass is 10.1. The van der Waals surface area contributed by atoms with Crippen LogP contribution in [-0.4, -0.2) is 23.9 Å². The fourth-order valence-corrected chi connectivity index (χ4v) is 1.77. The minimum Gasteiger partial charge on any atom is -0.339 e. The maximum atomic E-state index is 13.3. The highest BCUT2D eigenvalue weighted by atomic mass is 79.9. The van der Waals surface area contributed by atoms with Gasteiger partial charge in [-0.05, 0) is 41.4 Å². The van der Waals surface area contributed by atoms with Crippen LogP contribution in [0.5, 0.6) is 0 Å². The molecule has 0 aliphatic rings. The highest BCUT2D eigenvalue weighted by Gasteiger charge is 2.19. The molecule has 0 saturated carbocycles. The van der Waals surface area contributed by atoms with E-state index in [4.69, 9.17) is 0 Å². The van der Waals surface area contributed by atoms with E-state index in [-0.39, 0.29) is 16.4 Å². The predicted molar refractivity (Wildman–Crippen MR) is 65.9 cm³/mol. The Morgan fingerprint density at radius 2 is 2.19 bits per heavy atom. The maximum absolute atomic E-state index is 13.3. The molecule has 0 aliphatic heterocycles. The van der Waals surface area contributed by atoms with Gasteiger partial charge >= 0.3 is 0 Å². The van der Waals surface area contributed by atoms with Gasteiger partial charge in [0.1, 0.15) is 5.82 Å². The van der Waals surface area contributed by atoms with E-state index in [1.165, 1.54) is 12.1 Å². The average Bonchev–Trinajstić information content (AvgIpc) is 2.29. The summed E-state index contributed by atoms with van der Waals surface area (Å²) in [5, 5.41) is 0. The van der Waals surface area contributed by atoms with E-state index in [0.717, 1.165) is 6.42 Å². The average molecular weight is 288 g/mol. The van der Waals surface area contributed by atoms with Crippen molar-refractivity contribution in [3.63, 3.8) is 0 Å². The molecule has 0 bridgehead atoms. The number of halogens is 2. The Kier molecular flexibility index (Phi) is 4.47. The Morgan fingerprint density at radius 3 is 2.75 bits per heavy atom. The molecule has 0 N–H and O–H groups in total. The Labute approximate surface area is 104 Å². The molecule has 1 unspecified atom stereocenters. The van der Waals surface area contributed by atoms with Crippen LogP contribution in [0.3, 0.4) is 0 Å². The van der Waals surface area contributed by atoms with Crippen molar-refractivity contribution in [1.29, 1.82) is 0 Å². The summed E-state index contributed by atoms with van der Waals surface area (Å²) in [5.74, 6) is -0.580. The number of amides is 1. The molecule has 0 radical (unpaired) electrons. The van der Waals surface area contributed by atoms with Crippen LogP contribution in [-0.2, 0) is 0 Å². The van der Waals surface area contributed by atoms with E-state index in [1.54, 1.807) is 18.0 Å². The first kappa shape index (κ1) is 13.2. The first-order chi connectivity index (χ1) is 7.49. The van der Waals surface area contributed by atoms with Crippen LogP contribution in [0.2, 0.25) is 0 Å². The molecule has 0 saturated heterocycles. The van der Waals surface area contributed by atoms with Gasteiger partial charge in [0.25, 0.3) is 5.91 Å². The van der Waals surface area contributed by atoms with Gasteiger partial charge in [-0.2, -0.15) is 0 Å². The third-order valence-corrected chi connectivity index (χ3v) is 3.56. The van der Waals surface area contributed by atoms with Crippen molar-refractivity contribution in [2.75, 3.05) is 7.05 Å². The fraction of sp³-hybridized carbons (Fsp3) is 0.417. The summed E-state index contributed by atoms with van der Waals surface area (Å²) in [6.07, 6.45) is 0.870. The molecule has 4 heteroatoms. The zero-order valence-corrected chi connectivity index (χ0v) is 11.2. The van der Waals surface area contributed by atoms with Gasteiger partial charge in [-0.15, -0.1) is 0 Å². The summed E-state index contributed by atoms with van der Waals surface area (Å²) in [7, 11) is 1.73. The maximum Gasteiger partial charge on any atom is 0.255 e. The van der Waals surface area contributed by atoms with Gasteiger partial charge < -0.3 is 4.90 Å². The van der Waals surface area contributed by atoms with Gasteiger partial charge in [0.15, 0.2) is 0 Å². The van der Waals surface area contributed by atoms with E-state index in [0.29, 0.717) is 5.56 Å². The summed E-state index contributed by atoms with van der Waals surface area (Å²) < 4.78 is 13.5. The van der Waals surface area contributed by atoms with E-state index in [9.17, 15) is 9.18 Å². The second-order valence-corrected chi connectivity index (χ2v) is 4.57. The van der Waals surface area contributed by atoms with E-state index < -0.39 is 5.82 Å². The van der Waals surface area contributed by atoms with Gasteiger partial charge in [0, 0.05) is 13.1 Å². The number of benzene rings is 1. The molecule has 88 valence electrons. The first-order valence-corrected chi connectivity index (χ1v) is 5.99. The number of hydrogen-bond acceptors (Lipinski definition) is 1. The minimum absolute atomic E-state index is 0.141. The van der Waals surface area contributed by atoms with Crippen LogP contribution in [0.25, 0.3) is 0 Å². The molecule has 0 heterocycles. The Bertz CT molecular complexity index is 395. The molecule has 1 atom stereocenters. The molecule has 16 heavy (non-hydrogen) atoms. The lowest BCUT2D eigenvalue weighted by Crippen LogP contribution is -2.34. The second-order valence-electron chi connectivity index (χ2n) is 3.77. The first-order valence-electron chi connectivity index (χ1n) is 5.20. The van der Waals surface area contributed by atoms with Crippen LogP contribution >= 0.6 is 15.9 Å². The molecule has 1 aromatic rings. The molecule has 0 spiro atoms. The van der Waals surface area contributed by atoms with Crippen molar-refractivity contribution < 1.29 is 9.18 Å². The van der Waals surface area contributed by atoms with Crippen molar-refractivity contribution in [2.24, 2.45) is 0 Å². The monoisotopic (exact) mass is 287 g/mol. The highest BCUT2D eigenvalue weighted by molar-refractivity contribution is 9.10. The molecular weight excluding hydrogens is 273 g/mol. The SMILES string of the molecule is CCC(C)N(C)C(=O)c1cccc(F)c1Br. The molecule has 0 fully saturated rings. The zero-order chi connectivity index (χ0) is 12.3. The summed E-state index contributed by atoms with van der Waals surface area (Å²) in [4.78, 5) is 13.7. The Hall–Kier alpha value is -0.900. The summed E-state index contributed by atoms with van der Waals surface area (Å²) >= 11 is 3.10. The topological polar surface area (TPSA) is 20.3 Å². The normalized spacial score (nSPS) is 12.3. The van der Waals surface area contributed by atoms with Gasteiger partial charge in [0.05, 0.1) is 10.0 Å². The standard InChI is InChI=1S/C12H15BrFNO/c1-4-8(2)15(3)12(16)9-6-5-7-10(14)11(9)13/h5-8H,4H2,1-3H3. The summed E-state index contributed by atoms with van der Waals surface area (Å²) in [5.41, 5.74) is 0.364. The number of rotatable bonds is 3. The molecule has 0 aromatic heterocycles. The second kappa shape index (κ2) is 5.43. The van der Waals surface area contributed by atoms with Crippen LogP contribution in [0.4, 0.5) is 4.39 Å². The van der Waals surface area contributed by atoms with Gasteiger partial charge in [-0.25, -0.2) is 4.39 Å². The van der Waals surface area contributed by atoms with Crippen molar-refractivity contribution in [3.8, 4) is 0 Å². The quantitative estimate of drug-likeness (QED) is 0.834. The van der Waals surface area contributed by atoms with Crippen molar-refractivity contribution >= 4 is 21.8 Å². The number of hydrogen-bond donors (Lipinski definition) is 0. The molecule has 1 amide bonds. The Balaban J connectivity index is 3.01. The fourth-order valence-electron chi connectivity index (χ4n) is 1.33. The van der Waals surface area contributed by atoms with Crippen LogP contribution in [0.1, 0.15) is 30.6 Å². The van der Waals surface area contributed by atoms with Gasteiger partial charge in [0.2, 0.25) is 0 Å². The number of nitrogens with zero attached hydrogens (tertiary/aromatic N) is 1. The zero-order valence-electron chi connectivity index (χ0n) is 9.63. The van der Waals surface area contributed by atoms with E-state index >= 15 is 0 Å².